The molecule has 0 aliphatic carbocycles. The van der Waals surface area contributed by atoms with Crippen molar-refractivity contribution in [3.8, 4) is 11.5 Å². The van der Waals surface area contributed by atoms with Gasteiger partial charge in [-0.3, -0.25) is 4.99 Å². The van der Waals surface area contributed by atoms with Gasteiger partial charge in [-0.2, -0.15) is 17.6 Å². The number of hydrogen-bond donors (Lipinski definition) is 1. The van der Waals surface area contributed by atoms with Gasteiger partial charge in [0.1, 0.15) is 5.84 Å². The summed E-state index contributed by atoms with van der Waals surface area (Å²) in [6.45, 7) is 2.48. The van der Waals surface area contributed by atoms with Crippen molar-refractivity contribution in [1.82, 2.24) is 0 Å². The molecule has 0 radical (unpaired) electrons. The van der Waals surface area contributed by atoms with Crippen LogP contribution in [0, 0.1) is 0 Å². The summed E-state index contributed by atoms with van der Waals surface area (Å²) < 4.78 is 60.1. The molecule has 21 heavy (non-hydrogen) atoms. The molecule has 8 heteroatoms. The Bertz CT molecular complexity index is 561. The van der Waals surface area contributed by atoms with E-state index in [1.54, 1.807) is 0 Å². The maximum Gasteiger partial charge on any atom is 0.507 e. The molecule has 1 aromatic rings. The zero-order valence-corrected chi connectivity index (χ0v) is 11.2. The Hall–Kier alpha value is -1.99. The van der Waals surface area contributed by atoms with Crippen molar-refractivity contribution in [2.45, 2.75) is 32.0 Å². The van der Waals surface area contributed by atoms with E-state index >= 15 is 0 Å². The highest BCUT2D eigenvalue weighted by atomic mass is 19.3. The monoisotopic (exact) mass is 306 g/mol. The van der Waals surface area contributed by atoms with Gasteiger partial charge in [0.05, 0.1) is 0 Å². The van der Waals surface area contributed by atoms with Gasteiger partial charge in [0, 0.05) is 12.1 Å². The molecule has 1 aromatic carbocycles. The van der Waals surface area contributed by atoms with E-state index in [1.807, 2.05) is 6.92 Å². The third-order valence-corrected chi connectivity index (χ3v) is 2.85. The largest absolute Gasteiger partial charge is 0.507 e. The second kappa shape index (κ2) is 5.42. The minimum atomic E-state index is -4.74. The average Bonchev–Trinajstić information content (AvgIpc) is 2.39. The zero-order chi connectivity index (χ0) is 15.7. The SMILES string of the molecule is CCCCN=C(N)c1ccc2c(c1)OC(F)(F)C(F)(F)O2. The minimum absolute atomic E-state index is 0.121. The first-order chi connectivity index (χ1) is 9.77. The highest BCUT2D eigenvalue weighted by Crippen LogP contribution is 2.46. The summed E-state index contributed by atoms with van der Waals surface area (Å²) in [4.78, 5) is 4.06. The fourth-order valence-corrected chi connectivity index (χ4v) is 1.68. The second-order valence-electron chi connectivity index (χ2n) is 4.52. The lowest BCUT2D eigenvalue weighted by Crippen LogP contribution is -2.52. The first-order valence-electron chi connectivity index (χ1n) is 6.35. The molecular formula is C13H14F4N2O2. The molecule has 1 aliphatic rings. The maximum absolute atomic E-state index is 13.1. The van der Waals surface area contributed by atoms with Gasteiger partial charge in [0.25, 0.3) is 0 Å². The van der Waals surface area contributed by atoms with Gasteiger partial charge >= 0.3 is 12.2 Å². The fraction of sp³-hybridized carbons (Fsp3) is 0.462. The van der Waals surface area contributed by atoms with Gasteiger partial charge in [0.15, 0.2) is 11.5 Å². The van der Waals surface area contributed by atoms with E-state index in [2.05, 4.69) is 14.5 Å². The van der Waals surface area contributed by atoms with Crippen LogP contribution < -0.4 is 15.2 Å². The molecule has 0 spiro atoms. The van der Waals surface area contributed by atoms with Crippen molar-refractivity contribution >= 4 is 5.84 Å². The molecule has 0 atom stereocenters. The summed E-state index contributed by atoms with van der Waals surface area (Å²) in [5.41, 5.74) is 6.01. The molecule has 0 unspecified atom stereocenters. The van der Waals surface area contributed by atoms with E-state index in [0.717, 1.165) is 25.0 Å². The lowest BCUT2D eigenvalue weighted by Gasteiger charge is -2.31. The molecule has 1 aliphatic heterocycles. The third kappa shape index (κ3) is 3.03. The van der Waals surface area contributed by atoms with Crippen LogP contribution >= 0.6 is 0 Å². The highest BCUT2D eigenvalue weighted by Gasteiger charge is 2.65. The summed E-state index contributed by atoms with van der Waals surface area (Å²) in [6.07, 6.45) is -7.70. The number of aliphatic imine (C=N–C) groups is 1. The van der Waals surface area contributed by atoms with Crippen molar-refractivity contribution in [3.63, 3.8) is 0 Å². The molecule has 0 aromatic heterocycles. The molecular weight excluding hydrogens is 292 g/mol. The van der Waals surface area contributed by atoms with Gasteiger partial charge in [0.2, 0.25) is 0 Å². The molecule has 4 nitrogen and oxygen atoms in total. The third-order valence-electron chi connectivity index (χ3n) is 2.85. The van der Waals surface area contributed by atoms with Crippen LogP contribution in [0.5, 0.6) is 11.5 Å². The van der Waals surface area contributed by atoms with E-state index in [-0.39, 0.29) is 5.84 Å². The number of halogens is 4. The molecule has 0 bridgehead atoms. The first kappa shape index (κ1) is 15.4. The molecule has 1 heterocycles. The number of alkyl halides is 4. The molecule has 2 N–H and O–H groups in total. The van der Waals surface area contributed by atoms with E-state index < -0.39 is 23.7 Å². The molecule has 116 valence electrons. The fourth-order valence-electron chi connectivity index (χ4n) is 1.68. The molecule has 0 amide bonds. The van der Waals surface area contributed by atoms with Crippen molar-refractivity contribution in [2.24, 2.45) is 10.7 Å². The van der Waals surface area contributed by atoms with Gasteiger partial charge in [-0.15, -0.1) is 0 Å². The molecule has 0 saturated heterocycles. The van der Waals surface area contributed by atoms with Crippen LogP contribution in [0.25, 0.3) is 0 Å². The van der Waals surface area contributed by atoms with Crippen molar-refractivity contribution in [2.75, 3.05) is 6.54 Å². The van der Waals surface area contributed by atoms with Crippen molar-refractivity contribution in [1.29, 1.82) is 0 Å². The van der Waals surface area contributed by atoms with Crippen LogP contribution in [0.4, 0.5) is 17.6 Å². The average molecular weight is 306 g/mol. The van der Waals surface area contributed by atoms with E-state index in [1.165, 1.54) is 6.07 Å². The maximum atomic E-state index is 13.1. The predicted octanol–water partition coefficient (Wildman–Crippen LogP) is 3.15. The summed E-state index contributed by atoms with van der Waals surface area (Å²) in [7, 11) is 0. The summed E-state index contributed by atoms with van der Waals surface area (Å²) >= 11 is 0. The number of fused-ring (bicyclic) bond motifs is 1. The van der Waals surface area contributed by atoms with Crippen LogP contribution in [0.1, 0.15) is 25.3 Å². The lowest BCUT2D eigenvalue weighted by atomic mass is 10.1. The number of nitrogens with zero attached hydrogens (tertiary/aromatic N) is 1. The van der Waals surface area contributed by atoms with Gasteiger partial charge < -0.3 is 15.2 Å². The van der Waals surface area contributed by atoms with Crippen molar-refractivity contribution < 1.29 is 27.0 Å². The number of unbranched alkanes of at least 4 members (excludes halogenated alkanes) is 1. The van der Waals surface area contributed by atoms with Crippen LogP contribution in [-0.4, -0.2) is 24.6 Å². The number of ether oxygens (including phenoxy) is 2. The zero-order valence-electron chi connectivity index (χ0n) is 11.2. The first-order valence-corrected chi connectivity index (χ1v) is 6.35. The van der Waals surface area contributed by atoms with Gasteiger partial charge in [-0.25, -0.2) is 0 Å². The summed E-state index contributed by atoms with van der Waals surface area (Å²) in [5.74, 6) is -0.858. The molecule has 0 fully saturated rings. The standard InChI is InChI=1S/C13H14F4N2O2/c1-2-3-6-19-11(18)8-4-5-9-10(7-8)21-13(16,17)12(14,15)20-9/h4-5,7H,2-3,6H2,1H3,(H2,18,19). The van der Waals surface area contributed by atoms with E-state index in [9.17, 15) is 17.6 Å². The van der Waals surface area contributed by atoms with Crippen LogP contribution in [-0.2, 0) is 0 Å². The van der Waals surface area contributed by atoms with Gasteiger partial charge in [-0.1, -0.05) is 13.3 Å². The van der Waals surface area contributed by atoms with Crippen LogP contribution in [0.15, 0.2) is 23.2 Å². The van der Waals surface area contributed by atoms with Crippen LogP contribution in [0.3, 0.4) is 0 Å². The van der Waals surface area contributed by atoms with E-state index in [0.29, 0.717) is 12.1 Å². The van der Waals surface area contributed by atoms with E-state index in [4.69, 9.17) is 5.73 Å². The normalized spacial score (nSPS) is 19.4. The lowest BCUT2D eigenvalue weighted by molar-refractivity contribution is -0.391. The number of benzene rings is 1. The Balaban J connectivity index is 2.27. The topological polar surface area (TPSA) is 56.8 Å². The number of amidine groups is 1. The Morgan fingerprint density at radius 1 is 1.14 bits per heavy atom. The Morgan fingerprint density at radius 3 is 2.38 bits per heavy atom. The molecule has 2 rings (SSSR count). The van der Waals surface area contributed by atoms with Crippen molar-refractivity contribution in [3.05, 3.63) is 23.8 Å². The number of hydrogen-bond acceptors (Lipinski definition) is 3. The van der Waals surface area contributed by atoms with Gasteiger partial charge in [-0.05, 0) is 24.6 Å². The number of rotatable bonds is 4. The minimum Gasteiger partial charge on any atom is -0.421 e. The molecule has 0 saturated carbocycles. The summed E-state index contributed by atoms with van der Waals surface area (Å²) in [6, 6.07) is 3.55. The highest BCUT2D eigenvalue weighted by molar-refractivity contribution is 5.98. The summed E-state index contributed by atoms with van der Waals surface area (Å²) in [5, 5.41) is 0. The Labute approximate surface area is 118 Å². The Kier molecular flexibility index (Phi) is 3.97. The second-order valence-corrected chi connectivity index (χ2v) is 4.52. The Morgan fingerprint density at radius 2 is 1.76 bits per heavy atom. The number of nitrogens with two attached hydrogens (primary N) is 1. The quantitative estimate of drug-likeness (QED) is 0.402. The predicted molar refractivity (Wildman–Crippen MR) is 68.1 cm³/mol. The van der Waals surface area contributed by atoms with Crippen LogP contribution in [0.2, 0.25) is 0 Å². The smallest absolute Gasteiger partial charge is 0.421 e.